The minimum atomic E-state index is -4.40. The van der Waals surface area contributed by atoms with Crippen molar-refractivity contribution in [1.29, 1.82) is 0 Å². The molecule has 4 aliphatic carbocycles. The summed E-state index contributed by atoms with van der Waals surface area (Å²) in [5, 5.41) is 0. The highest BCUT2D eigenvalue weighted by Gasteiger charge is 2.57. The lowest BCUT2D eigenvalue weighted by Gasteiger charge is -2.55. The lowest BCUT2D eigenvalue weighted by Crippen LogP contribution is -2.46. The molecule has 0 aromatic heterocycles. The van der Waals surface area contributed by atoms with Crippen LogP contribution < -0.4 is 0 Å². The largest absolute Gasteiger partial charge is 0.397 e. The SMILES string of the molecule is CC(C)[C@@H](C)C=C[C@@H](C)[C@H]1CCC2C3=CC=C4C[C@@H](OS(=O)(=O)O)CC[C@]4(C)C3CC[C@@]21C. The van der Waals surface area contributed by atoms with Crippen LogP contribution in [0.5, 0.6) is 0 Å². The van der Waals surface area contributed by atoms with Crippen LogP contribution in [0, 0.1) is 46.3 Å². The van der Waals surface area contributed by atoms with E-state index in [0.29, 0.717) is 47.8 Å². The van der Waals surface area contributed by atoms with E-state index in [-0.39, 0.29) is 5.41 Å². The van der Waals surface area contributed by atoms with E-state index >= 15 is 0 Å². The molecule has 0 amide bonds. The first-order chi connectivity index (χ1) is 15.3. The molecule has 2 unspecified atom stereocenters. The molecule has 1 N–H and O–H groups in total. The normalized spacial score (nSPS) is 40.6. The Morgan fingerprint density at radius 3 is 2.39 bits per heavy atom. The molecule has 0 spiro atoms. The molecule has 0 heterocycles. The predicted molar refractivity (Wildman–Crippen MR) is 134 cm³/mol. The van der Waals surface area contributed by atoms with E-state index in [9.17, 15) is 8.42 Å². The molecule has 0 bridgehead atoms. The highest BCUT2D eigenvalue weighted by molar-refractivity contribution is 7.80. The van der Waals surface area contributed by atoms with Gasteiger partial charge in [-0.15, -0.1) is 0 Å². The Balaban J connectivity index is 1.54. The Kier molecular flexibility index (Phi) is 6.83. The molecule has 8 atom stereocenters. The summed E-state index contributed by atoms with van der Waals surface area (Å²) in [6.45, 7) is 14.3. The van der Waals surface area contributed by atoms with Gasteiger partial charge in [-0.1, -0.05) is 77.0 Å². The van der Waals surface area contributed by atoms with Crippen molar-refractivity contribution >= 4 is 10.4 Å². The molecule has 4 aliphatic rings. The molecule has 186 valence electrons. The molecule has 4 nitrogen and oxygen atoms in total. The molecule has 3 saturated carbocycles. The molecule has 5 heteroatoms. The number of hydrogen-bond donors (Lipinski definition) is 1. The summed E-state index contributed by atoms with van der Waals surface area (Å²) in [5.41, 5.74) is 3.40. The van der Waals surface area contributed by atoms with Crippen LogP contribution in [0.15, 0.2) is 35.5 Å². The van der Waals surface area contributed by atoms with Crippen LogP contribution in [0.4, 0.5) is 0 Å². The zero-order valence-corrected chi connectivity index (χ0v) is 22.2. The Bertz CT molecular complexity index is 945. The summed E-state index contributed by atoms with van der Waals surface area (Å²) >= 11 is 0. The van der Waals surface area contributed by atoms with Gasteiger partial charge in [0.25, 0.3) is 0 Å². The van der Waals surface area contributed by atoms with Gasteiger partial charge in [0.2, 0.25) is 0 Å². The van der Waals surface area contributed by atoms with E-state index < -0.39 is 16.5 Å². The smallest absolute Gasteiger partial charge is 0.264 e. The fraction of sp³-hybridized carbons (Fsp3) is 0.786. The monoisotopic (exact) mass is 476 g/mol. The van der Waals surface area contributed by atoms with Crippen LogP contribution in [0.25, 0.3) is 0 Å². The lowest BCUT2D eigenvalue weighted by molar-refractivity contribution is 0.0420. The summed E-state index contributed by atoms with van der Waals surface area (Å²) in [7, 11) is -4.40. The van der Waals surface area contributed by atoms with Gasteiger partial charge in [0.05, 0.1) is 6.10 Å². The summed E-state index contributed by atoms with van der Waals surface area (Å²) in [5.74, 6) is 3.85. The Morgan fingerprint density at radius 1 is 1.00 bits per heavy atom. The molecule has 33 heavy (non-hydrogen) atoms. The van der Waals surface area contributed by atoms with Gasteiger partial charge < -0.3 is 0 Å². The van der Waals surface area contributed by atoms with Crippen LogP contribution in [-0.4, -0.2) is 19.1 Å². The van der Waals surface area contributed by atoms with Gasteiger partial charge in [0, 0.05) is 0 Å². The molecule has 0 aromatic carbocycles. The molecular weight excluding hydrogens is 432 g/mol. The van der Waals surface area contributed by atoms with Crippen LogP contribution in [0.3, 0.4) is 0 Å². The second-order valence-electron chi connectivity index (χ2n) is 12.3. The molecule has 0 aromatic rings. The fourth-order valence-corrected chi connectivity index (χ4v) is 8.34. The van der Waals surface area contributed by atoms with Crippen molar-refractivity contribution in [2.45, 2.75) is 92.6 Å². The minimum absolute atomic E-state index is 0.0841. The van der Waals surface area contributed by atoms with Gasteiger partial charge >= 0.3 is 10.4 Å². The standard InChI is InChI=1S/C28H44O4S/c1-18(2)19(3)7-8-20(4)24-11-12-25-23-10-9-21-17-22(32-33(29,30)31)13-15-27(21,5)26(23)14-16-28(24,25)6/h7-10,18-20,22,24-26H,11-17H2,1-6H3,(H,29,30,31)/t19-,20+,22-,24+,25?,26?,27-,28+/m0/s1. The highest BCUT2D eigenvalue weighted by atomic mass is 32.3. The van der Waals surface area contributed by atoms with Gasteiger partial charge in [-0.25, -0.2) is 4.18 Å². The third-order valence-corrected chi connectivity index (χ3v) is 10.8. The van der Waals surface area contributed by atoms with Crippen molar-refractivity contribution < 1.29 is 17.2 Å². The summed E-state index contributed by atoms with van der Waals surface area (Å²) in [4.78, 5) is 0. The van der Waals surface area contributed by atoms with Crippen LogP contribution >= 0.6 is 0 Å². The van der Waals surface area contributed by atoms with Gasteiger partial charge in [0.1, 0.15) is 0 Å². The van der Waals surface area contributed by atoms with Crippen LogP contribution in [0.1, 0.15) is 86.5 Å². The first-order valence-electron chi connectivity index (χ1n) is 13.1. The maximum absolute atomic E-state index is 11.2. The summed E-state index contributed by atoms with van der Waals surface area (Å²) in [6, 6.07) is 0. The lowest BCUT2D eigenvalue weighted by atomic mass is 9.50. The van der Waals surface area contributed by atoms with E-state index in [1.54, 1.807) is 5.57 Å². The maximum atomic E-state index is 11.2. The third kappa shape index (κ3) is 4.67. The zero-order valence-electron chi connectivity index (χ0n) is 21.4. The van der Waals surface area contributed by atoms with Gasteiger partial charge in [0.15, 0.2) is 0 Å². The minimum Gasteiger partial charge on any atom is -0.264 e. The number of fused-ring (bicyclic) bond motifs is 5. The second-order valence-corrected chi connectivity index (χ2v) is 13.4. The summed E-state index contributed by atoms with van der Waals surface area (Å²) in [6.07, 6.45) is 16.4. The average molecular weight is 477 g/mol. The van der Waals surface area contributed by atoms with E-state index in [2.05, 4.69) is 65.8 Å². The molecule has 4 rings (SSSR count). The van der Waals surface area contributed by atoms with Crippen molar-refractivity contribution in [3.8, 4) is 0 Å². The maximum Gasteiger partial charge on any atom is 0.397 e. The van der Waals surface area contributed by atoms with Crippen molar-refractivity contribution in [3.63, 3.8) is 0 Å². The van der Waals surface area contributed by atoms with Gasteiger partial charge in [-0.2, -0.15) is 8.42 Å². The fourth-order valence-electron chi connectivity index (χ4n) is 7.83. The molecular formula is C28H44O4S. The highest BCUT2D eigenvalue weighted by Crippen LogP contribution is 2.66. The quantitative estimate of drug-likeness (QED) is 0.326. The zero-order chi connectivity index (χ0) is 24.2. The molecule has 0 aliphatic heterocycles. The first kappa shape index (κ1) is 25.2. The van der Waals surface area contributed by atoms with E-state index in [1.165, 1.54) is 31.3 Å². The predicted octanol–water partition coefficient (Wildman–Crippen LogP) is 7.16. The van der Waals surface area contributed by atoms with Crippen molar-refractivity contribution in [2.75, 3.05) is 0 Å². The Morgan fingerprint density at radius 2 is 1.73 bits per heavy atom. The van der Waals surface area contributed by atoms with E-state index in [0.717, 1.165) is 12.3 Å². The Hall–Kier alpha value is -0.910. The third-order valence-electron chi connectivity index (χ3n) is 10.3. The second kappa shape index (κ2) is 8.95. The van der Waals surface area contributed by atoms with Crippen molar-refractivity contribution in [2.24, 2.45) is 46.3 Å². The Labute approximate surface area is 201 Å². The van der Waals surface area contributed by atoms with Gasteiger partial charge in [-0.3, -0.25) is 4.55 Å². The first-order valence-corrected chi connectivity index (χ1v) is 14.5. The van der Waals surface area contributed by atoms with Crippen LogP contribution in [0.2, 0.25) is 0 Å². The topological polar surface area (TPSA) is 63.6 Å². The number of allylic oxidation sites excluding steroid dienone is 5. The van der Waals surface area contributed by atoms with Crippen molar-refractivity contribution in [1.82, 2.24) is 0 Å². The average Bonchev–Trinajstić information content (AvgIpc) is 3.08. The number of rotatable bonds is 6. The van der Waals surface area contributed by atoms with Gasteiger partial charge in [-0.05, 0) is 91.3 Å². The molecule has 3 fully saturated rings. The summed E-state index contributed by atoms with van der Waals surface area (Å²) < 4.78 is 36.5. The number of hydrogen-bond acceptors (Lipinski definition) is 3. The molecule has 0 saturated heterocycles. The van der Waals surface area contributed by atoms with Crippen molar-refractivity contribution in [3.05, 3.63) is 35.5 Å². The molecule has 0 radical (unpaired) electrons. The van der Waals surface area contributed by atoms with Crippen LogP contribution in [-0.2, 0) is 14.6 Å². The van der Waals surface area contributed by atoms with E-state index in [4.69, 9.17) is 8.74 Å². The van der Waals surface area contributed by atoms with E-state index in [1.807, 2.05) is 0 Å².